The number of hydrogen-bond donors (Lipinski definition) is 0. The van der Waals surface area contributed by atoms with E-state index in [2.05, 4.69) is 25.6 Å². The zero-order valence-corrected chi connectivity index (χ0v) is 13.7. The molecule has 0 N–H and O–H groups in total. The van der Waals surface area contributed by atoms with Gasteiger partial charge in [0, 0.05) is 12.0 Å². The lowest BCUT2D eigenvalue weighted by atomic mass is 10.2. The van der Waals surface area contributed by atoms with Crippen LogP contribution < -0.4 is 10.5 Å². The largest absolute Gasteiger partial charge is 0.496 e. The minimum atomic E-state index is -2.75. The van der Waals surface area contributed by atoms with E-state index in [0.29, 0.717) is 21.6 Å². The maximum Gasteiger partial charge on any atom is 0.441 e. The van der Waals surface area contributed by atoms with Crippen molar-refractivity contribution in [1.29, 1.82) is 0 Å². The quantitative estimate of drug-likeness (QED) is 0.758. The molecular formula is C14H13BrF2N2O4. The third-order valence-electron chi connectivity index (χ3n) is 3.50. The summed E-state index contributed by atoms with van der Waals surface area (Å²) in [6.07, 6.45) is -1.33. The fourth-order valence-corrected chi connectivity index (χ4v) is 2.67. The monoisotopic (exact) mass is 390 g/mol. The summed E-state index contributed by atoms with van der Waals surface area (Å²) < 4.78 is 42.3. The predicted octanol–water partition coefficient (Wildman–Crippen LogP) is 2.70. The van der Waals surface area contributed by atoms with Crippen molar-refractivity contribution in [2.24, 2.45) is 0 Å². The number of hydrogen-bond acceptors (Lipinski definition) is 5. The molecule has 0 spiro atoms. The second-order valence-corrected chi connectivity index (χ2v) is 5.95. The van der Waals surface area contributed by atoms with Crippen molar-refractivity contribution in [3.8, 4) is 17.1 Å². The predicted molar refractivity (Wildman–Crippen MR) is 79.8 cm³/mol. The summed E-state index contributed by atoms with van der Waals surface area (Å²) >= 11 is 3.35. The zero-order valence-electron chi connectivity index (χ0n) is 12.1. The second kappa shape index (κ2) is 6.04. The van der Waals surface area contributed by atoms with E-state index in [0.717, 1.165) is 0 Å². The van der Waals surface area contributed by atoms with Crippen LogP contribution in [0.4, 0.5) is 8.78 Å². The Kier molecular flexibility index (Phi) is 4.24. The topological polar surface area (TPSA) is 66.5 Å². The molecule has 0 bridgehead atoms. The molecule has 1 atom stereocenters. The van der Waals surface area contributed by atoms with Gasteiger partial charge in [0.25, 0.3) is 5.92 Å². The molecule has 0 saturated heterocycles. The number of nitrogens with zero attached hydrogens (tertiary/aromatic N) is 2. The van der Waals surface area contributed by atoms with Crippen molar-refractivity contribution in [1.82, 2.24) is 9.72 Å². The smallest absolute Gasteiger partial charge is 0.441 e. The normalized spacial score (nSPS) is 18.9. The fourth-order valence-electron chi connectivity index (χ4n) is 2.13. The molecule has 1 aromatic heterocycles. The molecule has 9 heteroatoms. The molecule has 1 saturated carbocycles. The molecule has 0 aliphatic heterocycles. The lowest BCUT2D eigenvalue weighted by molar-refractivity contribution is 0.0105. The third-order valence-corrected chi connectivity index (χ3v) is 4.12. The van der Waals surface area contributed by atoms with Gasteiger partial charge in [-0.25, -0.2) is 13.6 Å². The second-order valence-electron chi connectivity index (χ2n) is 5.10. The molecular weight excluding hydrogens is 378 g/mol. The molecule has 2 aromatic rings. The number of methoxy groups -OCH3 is 1. The summed E-state index contributed by atoms with van der Waals surface area (Å²) in [5, 5.41) is 3.73. The van der Waals surface area contributed by atoms with Gasteiger partial charge in [0.05, 0.1) is 24.7 Å². The van der Waals surface area contributed by atoms with Gasteiger partial charge in [-0.2, -0.15) is 0 Å². The van der Waals surface area contributed by atoms with Crippen molar-refractivity contribution in [3.63, 3.8) is 0 Å². The molecule has 1 aliphatic carbocycles. The first-order chi connectivity index (χ1) is 10.9. The Morgan fingerprint density at radius 3 is 2.87 bits per heavy atom. The first-order valence-electron chi connectivity index (χ1n) is 6.82. The Morgan fingerprint density at radius 1 is 1.52 bits per heavy atom. The third kappa shape index (κ3) is 3.30. The molecule has 1 unspecified atom stereocenters. The summed E-state index contributed by atoms with van der Waals surface area (Å²) in [6, 6.07) is 5.15. The number of alkyl halides is 2. The van der Waals surface area contributed by atoms with Crippen LogP contribution in [0.1, 0.15) is 6.42 Å². The highest BCUT2D eigenvalue weighted by atomic mass is 79.9. The average Bonchev–Trinajstić information content (AvgIpc) is 2.94. The van der Waals surface area contributed by atoms with Crippen molar-refractivity contribution in [3.05, 3.63) is 33.2 Å². The number of benzene rings is 1. The standard InChI is InChI=1S/C14H13BrF2N2O4/c1-21-10-3-2-8(6-9(10)15)12-18-23-13(20)19(12)4-5-22-11-7-14(11,16)17/h2-3,6,11H,4-5,7H2,1H3. The van der Waals surface area contributed by atoms with Crippen LogP contribution in [0.25, 0.3) is 11.4 Å². The Bertz CT molecular complexity index is 774. The lowest BCUT2D eigenvalue weighted by Crippen LogP contribution is -2.20. The van der Waals surface area contributed by atoms with Gasteiger partial charge in [-0.15, -0.1) is 0 Å². The molecule has 1 fully saturated rings. The molecule has 1 aliphatic rings. The van der Waals surface area contributed by atoms with Crippen LogP contribution in [0.5, 0.6) is 5.75 Å². The number of halogens is 3. The molecule has 3 rings (SSSR count). The van der Waals surface area contributed by atoms with Crippen LogP contribution in [0.15, 0.2) is 32.0 Å². The molecule has 1 heterocycles. The van der Waals surface area contributed by atoms with Gasteiger partial charge in [-0.05, 0) is 34.1 Å². The highest BCUT2D eigenvalue weighted by Crippen LogP contribution is 2.44. The molecule has 0 radical (unpaired) electrons. The van der Waals surface area contributed by atoms with Gasteiger partial charge >= 0.3 is 5.76 Å². The van der Waals surface area contributed by atoms with Crippen LogP contribution >= 0.6 is 15.9 Å². The molecule has 23 heavy (non-hydrogen) atoms. The van der Waals surface area contributed by atoms with Gasteiger partial charge < -0.3 is 9.47 Å². The molecule has 0 amide bonds. The maximum atomic E-state index is 12.8. The minimum Gasteiger partial charge on any atom is -0.496 e. The summed E-state index contributed by atoms with van der Waals surface area (Å²) in [5.74, 6) is -2.49. The van der Waals surface area contributed by atoms with Gasteiger partial charge in [0.2, 0.25) is 0 Å². The Labute approximate surface area is 138 Å². The maximum absolute atomic E-state index is 12.8. The number of ether oxygens (including phenoxy) is 2. The lowest BCUT2D eigenvalue weighted by Gasteiger charge is -2.07. The van der Waals surface area contributed by atoms with E-state index < -0.39 is 17.8 Å². The Balaban J connectivity index is 1.76. The first kappa shape index (κ1) is 16.1. The van der Waals surface area contributed by atoms with Crippen LogP contribution in [0.3, 0.4) is 0 Å². The van der Waals surface area contributed by atoms with Crippen LogP contribution in [0, 0.1) is 0 Å². The summed E-state index contributed by atoms with van der Waals surface area (Å²) in [7, 11) is 1.54. The number of rotatable bonds is 6. The minimum absolute atomic E-state index is 0.0221. The summed E-state index contributed by atoms with van der Waals surface area (Å²) in [6.45, 7) is 0.0552. The Morgan fingerprint density at radius 2 is 2.26 bits per heavy atom. The van der Waals surface area contributed by atoms with Crippen molar-refractivity contribution in [2.75, 3.05) is 13.7 Å². The summed E-state index contributed by atoms with van der Waals surface area (Å²) in [4.78, 5) is 11.7. The Hall–Kier alpha value is -1.74. The molecule has 124 valence electrons. The van der Waals surface area contributed by atoms with Crippen molar-refractivity contribution < 1.29 is 22.8 Å². The average molecular weight is 391 g/mol. The fraction of sp³-hybridized carbons (Fsp3) is 0.429. The van der Waals surface area contributed by atoms with Gasteiger partial charge in [0.15, 0.2) is 5.82 Å². The molecule has 6 nitrogen and oxygen atoms in total. The van der Waals surface area contributed by atoms with Gasteiger partial charge in [-0.1, -0.05) is 5.16 Å². The van der Waals surface area contributed by atoms with Crippen molar-refractivity contribution >= 4 is 15.9 Å². The van der Waals surface area contributed by atoms with E-state index in [1.165, 1.54) is 11.7 Å². The van der Waals surface area contributed by atoms with E-state index in [1.54, 1.807) is 18.2 Å². The van der Waals surface area contributed by atoms with E-state index in [-0.39, 0.29) is 19.6 Å². The highest BCUT2D eigenvalue weighted by molar-refractivity contribution is 9.10. The van der Waals surface area contributed by atoms with Gasteiger partial charge in [-0.3, -0.25) is 9.09 Å². The van der Waals surface area contributed by atoms with E-state index in [1.807, 2.05) is 0 Å². The van der Waals surface area contributed by atoms with Crippen molar-refractivity contribution in [2.45, 2.75) is 25.0 Å². The van der Waals surface area contributed by atoms with Gasteiger partial charge in [0.1, 0.15) is 11.9 Å². The van der Waals surface area contributed by atoms with Crippen LogP contribution in [-0.2, 0) is 11.3 Å². The summed E-state index contributed by atoms with van der Waals surface area (Å²) in [5.41, 5.74) is 0.625. The van der Waals surface area contributed by atoms with Crippen LogP contribution in [-0.4, -0.2) is 35.5 Å². The van der Waals surface area contributed by atoms with E-state index in [9.17, 15) is 13.6 Å². The van der Waals surface area contributed by atoms with E-state index in [4.69, 9.17) is 9.47 Å². The highest BCUT2D eigenvalue weighted by Gasteiger charge is 2.58. The van der Waals surface area contributed by atoms with Crippen LogP contribution in [0.2, 0.25) is 0 Å². The molecule has 1 aromatic carbocycles. The van der Waals surface area contributed by atoms with E-state index >= 15 is 0 Å². The number of aromatic nitrogens is 2. The zero-order chi connectivity index (χ0) is 16.6. The SMILES string of the molecule is COc1ccc(-c2noc(=O)n2CCOC2CC2(F)F)cc1Br. The first-order valence-corrected chi connectivity index (χ1v) is 7.61.